The Kier molecular flexibility index (Phi) is 6.60. The van der Waals surface area contributed by atoms with Gasteiger partial charge >= 0.3 is 0 Å². The van der Waals surface area contributed by atoms with Crippen LogP contribution in [0.2, 0.25) is 5.02 Å². The number of halogens is 1. The van der Waals surface area contributed by atoms with E-state index in [1.807, 2.05) is 29.1 Å². The maximum Gasteiger partial charge on any atom is 0.276 e. The summed E-state index contributed by atoms with van der Waals surface area (Å²) in [5, 5.41) is 8.49. The Balaban J connectivity index is 1.09. The summed E-state index contributed by atoms with van der Waals surface area (Å²) in [5.41, 5.74) is 8.57. The largest absolute Gasteiger partial charge is 0.376 e. The summed E-state index contributed by atoms with van der Waals surface area (Å²) < 4.78 is 7.73. The molecule has 3 aromatic rings. The fourth-order valence-electron chi connectivity index (χ4n) is 5.54. The van der Waals surface area contributed by atoms with Gasteiger partial charge in [0, 0.05) is 41.7 Å². The van der Waals surface area contributed by atoms with E-state index in [9.17, 15) is 4.79 Å². The number of nitrogens with zero attached hydrogens (tertiary/aromatic N) is 5. The number of nitrogens with one attached hydrogen (secondary N) is 1. The highest BCUT2D eigenvalue weighted by Gasteiger charge is 2.47. The minimum atomic E-state index is -0.266. The molecule has 3 aliphatic heterocycles. The molecule has 2 atom stereocenters. The molecule has 0 radical (unpaired) electrons. The van der Waals surface area contributed by atoms with Crippen molar-refractivity contribution in [3.8, 4) is 0 Å². The molecule has 2 fully saturated rings. The van der Waals surface area contributed by atoms with Gasteiger partial charge in [0.25, 0.3) is 5.91 Å². The van der Waals surface area contributed by atoms with Gasteiger partial charge in [0.1, 0.15) is 10.8 Å². The Morgan fingerprint density at radius 1 is 1.24 bits per heavy atom. The first-order valence-electron chi connectivity index (χ1n) is 12.7. The Hall–Kier alpha value is -2.66. The average molecular weight is 540 g/mol. The third-order valence-corrected chi connectivity index (χ3v) is 9.37. The second-order valence-corrected chi connectivity index (χ2v) is 11.6. The van der Waals surface area contributed by atoms with Crippen LogP contribution < -0.4 is 16.0 Å². The summed E-state index contributed by atoms with van der Waals surface area (Å²) in [6, 6.07) is 7.49. The monoisotopic (exact) mass is 539 g/mol. The van der Waals surface area contributed by atoms with E-state index in [0.29, 0.717) is 16.4 Å². The van der Waals surface area contributed by atoms with E-state index < -0.39 is 0 Å². The molecule has 194 valence electrons. The van der Waals surface area contributed by atoms with Crippen molar-refractivity contribution in [2.24, 2.45) is 11.1 Å². The zero-order chi connectivity index (χ0) is 25.6. The third kappa shape index (κ3) is 4.71. The van der Waals surface area contributed by atoms with Gasteiger partial charge < -0.3 is 20.7 Å². The Bertz CT molecular complexity index is 1290. The fraction of sp³-hybridized carbons (Fsp3) is 0.462. The van der Waals surface area contributed by atoms with Crippen LogP contribution in [0, 0.1) is 5.41 Å². The zero-order valence-electron chi connectivity index (χ0n) is 20.7. The van der Waals surface area contributed by atoms with Gasteiger partial charge in [-0.05, 0) is 50.8 Å². The smallest absolute Gasteiger partial charge is 0.276 e. The quantitative estimate of drug-likeness (QED) is 0.500. The van der Waals surface area contributed by atoms with E-state index >= 15 is 0 Å². The van der Waals surface area contributed by atoms with E-state index in [1.54, 1.807) is 12.3 Å². The molecule has 3 aliphatic rings. The van der Waals surface area contributed by atoms with Crippen molar-refractivity contribution in [3.63, 3.8) is 0 Å². The van der Waals surface area contributed by atoms with E-state index in [4.69, 9.17) is 22.1 Å². The van der Waals surface area contributed by atoms with Crippen LogP contribution in [0.15, 0.2) is 46.6 Å². The number of rotatable bonds is 5. The van der Waals surface area contributed by atoms with Crippen molar-refractivity contribution in [1.29, 1.82) is 0 Å². The maximum absolute atomic E-state index is 12.8. The summed E-state index contributed by atoms with van der Waals surface area (Å²) in [5.74, 6) is 0.594. The van der Waals surface area contributed by atoms with Gasteiger partial charge in [0.15, 0.2) is 5.69 Å². The SMILES string of the molecule is C[C@@H]1OCC2(CCN(c3cnc(Sc4cccc(NC(=O)c5cc6n(n5)CCC6)c4Cl)cn3)CC2)[C@@H]1N. The number of hydrogen-bond acceptors (Lipinski definition) is 8. The molecule has 1 aromatic carbocycles. The first kappa shape index (κ1) is 24.7. The lowest BCUT2D eigenvalue weighted by Crippen LogP contribution is -2.50. The Morgan fingerprint density at radius 2 is 2.08 bits per heavy atom. The molecule has 11 heteroatoms. The molecule has 0 saturated carbocycles. The molecule has 1 spiro atoms. The Labute approximate surface area is 225 Å². The van der Waals surface area contributed by atoms with Gasteiger partial charge in [0.2, 0.25) is 0 Å². The van der Waals surface area contributed by atoms with Crippen LogP contribution >= 0.6 is 23.4 Å². The number of ether oxygens (including phenoxy) is 1. The lowest BCUT2D eigenvalue weighted by atomic mass is 9.73. The number of carbonyl (C=O) groups excluding carboxylic acids is 1. The molecule has 0 bridgehead atoms. The van der Waals surface area contributed by atoms with Crippen molar-refractivity contribution in [3.05, 3.63) is 53.1 Å². The predicted molar refractivity (Wildman–Crippen MR) is 143 cm³/mol. The average Bonchev–Trinajstić information content (AvgIpc) is 3.59. The lowest BCUT2D eigenvalue weighted by molar-refractivity contribution is 0.0974. The summed E-state index contributed by atoms with van der Waals surface area (Å²) >= 11 is 8.08. The molecule has 2 saturated heterocycles. The number of amides is 1. The number of benzene rings is 1. The molecule has 0 aliphatic carbocycles. The minimum Gasteiger partial charge on any atom is -0.376 e. The predicted octanol–water partition coefficient (Wildman–Crippen LogP) is 4.01. The number of carbonyl (C=O) groups is 1. The molecule has 2 aromatic heterocycles. The van der Waals surface area contributed by atoms with Crippen LogP contribution in [-0.4, -0.2) is 57.5 Å². The summed E-state index contributed by atoms with van der Waals surface area (Å²) in [6.07, 6.45) is 7.71. The summed E-state index contributed by atoms with van der Waals surface area (Å²) in [6.45, 7) is 5.44. The number of hydrogen-bond donors (Lipinski definition) is 2. The first-order chi connectivity index (χ1) is 17.9. The Morgan fingerprint density at radius 3 is 2.78 bits per heavy atom. The molecule has 9 nitrogen and oxygen atoms in total. The fourth-order valence-corrected chi connectivity index (χ4v) is 6.61. The van der Waals surface area contributed by atoms with Crippen LogP contribution in [-0.2, 0) is 17.7 Å². The van der Waals surface area contributed by atoms with Crippen molar-refractivity contribution >= 4 is 40.8 Å². The van der Waals surface area contributed by atoms with Crippen molar-refractivity contribution in [2.45, 2.75) is 61.2 Å². The molecule has 6 rings (SSSR count). The van der Waals surface area contributed by atoms with Crippen LogP contribution in [0.5, 0.6) is 0 Å². The first-order valence-corrected chi connectivity index (χ1v) is 13.9. The number of fused-ring (bicyclic) bond motifs is 1. The van der Waals surface area contributed by atoms with Crippen LogP contribution in [0.4, 0.5) is 11.5 Å². The molecular formula is C26H30ClN7O2S. The number of nitrogens with two attached hydrogens (primary N) is 1. The van der Waals surface area contributed by atoms with E-state index in [1.165, 1.54) is 11.8 Å². The number of aromatic nitrogens is 4. The molecule has 5 heterocycles. The molecule has 37 heavy (non-hydrogen) atoms. The zero-order valence-corrected chi connectivity index (χ0v) is 22.3. The second kappa shape index (κ2) is 9.90. The third-order valence-electron chi connectivity index (χ3n) is 7.87. The normalized spacial score (nSPS) is 22.4. The summed E-state index contributed by atoms with van der Waals surface area (Å²) in [4.78, 5) is 25.1. The second-order valence-electron chi connectivity index (χ2n) is 10.1. The summed E-state index contributed by atoms with van der Waals surface area (Å²) in [7, 11) is 0. The molecule has 3 N–H and O–H groups in total. The van der Waals surface area contributed by atoms with Crippen LogP contribution in [0.3, 0.4) is 0 Å². The van der Waals surface area contributed by atoms with E-state index in [-0.39, 0.29) is 23.5 Å². The van der Waals surface area contributed by atoms with E-state index in [0.717, 1.165) is 73.4 Å². The van der Waals surface area contributed by atoms with Crippen LogP contribution in [0.1, 0.15) is 42.4 Å². The van der Waals surface area contributed by atoms with Gasteiger partial charge in [-0.1, -0.05) is 29.4 Å². The molecule has 1 amide bonds. The minimum absolute atomic E-state index is 0.0775. The highest BCUT2D eigenvalue weighted by Crippen LogP contribution is 2.42. The number of aryl methyl sites for hydroxylation is 2. The van der Waals surface area contributed by atoms with Gasteiger partial charge in [0.05, 0.1) is 35.8 Å². The topological polar surface area (TPSA) is 111 Å². The number of piperidine rings is 1. The standard InChI is InChI=1S/C26H30ClN7O2S/c1-16-24(28)26(15-36-16)7-10-33(11-8-26)21-13-30-22(14-29-21)37-20-6-2-5-18(23(20)27)31-25(35)19-12-17-4-3-9-34(17)32-19/h2,5-6,12-14,16,24H,3-4,7-11,15,28H2,1H3,(H,31,35)/t16-,24+/m0/s1. The molecular weight excluding hydrogens is 510 g/mol. The number of anilines is 2. The maximum atomic E-state index is 12.8. The van der Waals surface area contributed by atoms with Crippen molar-refractivity contribution < 1.29 is 9.53 Å². The lowest BCUT2D eigenvalue weighted by Gasteiger charge is -2.41. The van der Waals surface area contributed by atoms with Gasteiger partial charge in [-0.2, -0.15) is 5.10 Å². The van der Waals surface area contributed by atoms with Gasteiger partial charge in [-0.25, -0.2) is 9.97 Å². The van der Waals surface area contributed by atoms with Gasteiger partial charge in [-0.3, -0.25) is 9.48 Å². The highest BCUT2D eigenvalue weighted by molar-refractivity contribution is 7.99. The molecule has 0 unspecified atom stereocenters. The van der Waals surface area contributed by atoms with E-state index in [2.05, 4.69) is 32.2 Å². The van der Waals surface area contributed by atoms with Crippen LogP contribution in [0.25, 0.3) is 0 Å². The van der Waals surface area contributed by atoms with Crippen molar-refractivity contribution in [2.75, 3.05) is 29.9 Å². The highest BCUT2D eigenvalue weighted by atomic mass is 35.5. The van der Waals surface area contributed by atoms with Gasteiger partial charge in [-0.15, -0.1) is 0 Å². The van der Waals surface area contributed by atoms with Crippen molar-refractivity contribution in [1.82, 2.24) is 19.7 Å².